The van der Waals surface area contributed by atoms with Crippen LogP contribution in [0.1, 0.15) is 29.8 Å². The van der Waals surface area contributed by atoms with Gasteiger partial charge in [-0.2, -0.15) is 0 Å². The maximum absolute atomic E-state index is 12.9. The number of nitrogens with zero attached hydrogens (tertiary/aromatic N) is 2. The molecule has 0 radical (unpaired) electrons. The molecule has 3 rings (SSSR count). The summed E-state index contributed by atoms with van der Waals surface area (Å²) in [5, 5.41) is 4.47. The van der Waals surface area contributed by atoms with Crippen molar-refractivity contribution < 1.29 is 14.3 Å². The van der Waals surface area contributed by atoms with Gasteiger partial charge in [0.15, 0.2) is 5.11 Å². The second-order valence-electron chi connectivity index (χ2n) is 7.99. The number of methoxy groups -OCH3 is 2. The predicted octanol–water partition coefficient (Wildman–Crippen LogP) is 3.86. The lowest BCUT2D eigenvalue weighted by molar-refractivity contribution is 0.0602. The van der Waals surface area contributed by atoms with Crippen LogP contribution >= 0.6 is 12.2 Å². The van der Waals surface area contributed by atoms with Crippen LogP contribution in [-0.4, -0.2) is 66.3 Å². The van der Waals surface area contributed by atoms with Gasteiger partial charge in [-0.1, -0.05) is 26.0 Å². The maximum Gasteiger partial charge on any atom is 0.339 e. The summed E-state index contributed by atoms with van der Waals surface area (Å²) in [4.78, 5) is 32.3. The highest BCUT2D eigenvalue weighted by Gasteiger charge is 2.18. The molecule has 0 aliphatic rings. The topological polar surface area (TPSA) is 86.9 Å². The number of likely N-dealkylation sites (N-methyl/N-ethyl adjacent to an activating group) is 1. The molecule has 1 aromatic heterocycles. The summed E-state index contributed by atoms with van der Waals surface area (Å²) in [6.45, 7) is 7.71. The van der Waals surface area contributed by atoms with E-state index in [1.54, 1.807) is 25.3 Å². The number of benzene rings is 2. The van der Waals surface area contributed by atoms with Gasteiger partial charge in [0, 0.05) is 29.6 Å². The summed E-state index contributed by atoms with van der Waals surface area (Å²) in [5.74, 6) is 0.260. The summed E-state index contributed by atoms with van der Waals surface area (Å²) >= 11 is 5.75. The zero-order valence-electron chi connectivity index (χ0n) is 20.6. The van der Waals surface area contributed by atoms with Crippen LogP contribution in [0.25, 0.3) is 10.9 Å². The first-order valence-electron chi connectivity index (χ1n) is 11.6. The number of pyridine rings is 1. The number of thiocarbonyl (C=S) groups is 1. The molecular weight excluding hydrogens is 464 g/mol. The predicted molar refractivity (Wildman–Crippen MR) is 143 cm³/mol. The minimum atomic E-state index is -0.453. The molecule has 8 nitrogen and oxygen atoms in total. The van der Waals surface area contributed by atoms with Crippen molar-refractivity contribution in [1.29, 1.82) is 0 Å². The Bertz CT molecular complexity index is 1240. The summed E-state index contributed by atoms with van der Waals surface area (Å²) in [6, 6.07) is 14.4. The standard InChI is InChI=1S/C26H32N4O4S/c1-5-29(6-2)13-14-30(26(35)28-23-10-8-7-9-21(23)25(32)34-4)17-19-15-18-16-20(33-3)11-12-22(18)27-24(19)31/h7-12,15-16H,5-6,13-14,17H2,1-4H3,(H,27,31)(H,28,35). The Kier molecular flexibility index (Phi) is 9.22. The van der Waals surface area contributed by atoms with E-state index in [0.29, 0.717) is 40.8 Å². The zero-order valence-corrected chi connectivity index (χ0v) is 21.4. The van der Waals surface area contributed by atoms with Crippen molar-refractivity contribution in [2.75, 3.05) is 45.7 Å². The number of aromatic nitrogens is 1. The van der Waals surface area contributed by atoms with Crippen molar-refractivity contribution in [3.05, 3.63) is 70.0 Å². The normalized spacial score (nSPS) is 10.9. The second kappa shape index (κ2) is 12.3. The Morgan fingerprint density at radius 1 is 1.06 bits per heavy atom. The van der Waals surface area contributed by atoms with E-state index in [1.807, 2.05) is 35.2 Å². The van der Waals surface area contributed by atoms with E-state index < -0.39 is 5.97 Å². The Morgan fingerprint density at radius 3 is 2.49 bits per heavy atom. The molecule has 0 atom stereocenters. The van der Waals surface area contributed by atoms with Crippen LogP contribution in [0.5, 0.6) is 5.75 Å². The summed E-state index contributed by atoms with van der Waals surface area (Å²) in [5.41, 5.74) is 2.08. The summed E-state index contributed by atoms with van der Waals surface area (Å²) in [7, 11) is 2.95. The fourth-order valence-corrected chi connectivity index (χ4v) is 4.07. The number of rotatable bonds is 10. The van der Waals surface area contributed by atoms with E-state index in [1.165, 1.54) is 7.11 Å². The molecule has 0 spiro atoms. The Labute approximate surface area is 210 Å². The van der Waals surface area contributed by atoms with Crippen molar-refractivity contribution in [2.45, 2.75) is 20.4 Å². The SMILES string of the molecule is CCN(CC)CCN(Cc1cc2cc(OC)ccc2[nH]c1=O)C(=S)Nc1ccccc1C(=O)OC. The minimum absolute atomic E-state index is 0.173. The molecule has 2 N–H and O–H groups in total. The van der Waals surface area contributed by atoms with Crippen LogP contribution in [0, 0.1) is 0 Å². The third kappa shape index (κ3) is 6.58. The van der Waals surface area contributed by atoms with Gasteiger partial charge in [0.05, 0.1) is 32.0 Å². The zero-order chi connectivity index (χ0) is 25.4. The van der Waals surface area contributed by atoms with Crippen molar-refractivity contribution in [2.24, 2.45) is 0 Å². The molecule has 35 heavy (non-hydrogen) atoms. The lowest BCUT2D eigenvalue weighted by Gasteiger charge is -2.29. The molecule has 1 heterocycles. The van der Waals surface area contributed by atoms with Gasteiger partial charge in [0.25, 0.3) is 5.56 Å². The monoisotopic (exact) mass is 496 g/mol. The molecule has 0 aliphatic carbocycles. The number of H-pyrrole nitrogens is 1. The van der Waals surface area contributed by atoms with Gasteiger partial charge in [0.2, 0.25) is 0 Å². The van der Waals surface area contributed by atoms with Crippen LogP contribution in [0.4, 0.5) is 5.69 Å². The van der Waals surface area contributed by atoms with Crippen molar-refractivity contribution in [3.8, 4) is 5.75 Å². The quantitative estimate of drug-likeness (QED) is 0.323. The number of aromatic amines is 1. The van der Waals surface area contributed by atoms with E-state index in [0.717, 1.165) is 30.5 Å². The molecule has 0 saturated carbocycles. The number of hydrogen-bond acceptors (Lipinski definition) is 6. The first-order valence-corrected chi connectivity index (χ1v) is 12.0. The summed E-state index contributed by atoms with van der Waals surface area (Å²) in [6.07, 6.45) is 0. The van der Waals surface area contributed by atoms with Crippen molar-refractivity contribution >= 4 is 39.9 Å². The Hall–Kier alpha value is -3.43. The van der Waals surface area contributed by atoms with Crippen LogP contribution in [0.3, 0.4) is 0 Å². The lowest BCUT2D eigenvalue weighted by atomic mass is 10.1. The number of para-hydroxylation sites is 1. The number of ether oxygens (including phenoxy) is 2. The highest BCUT2D eigenvalue weighted by Crippen LogP contribution is 2.20. The van der Waals surface area contributed by atoms with E-state index in [9.17, 15) is 9.59 Å². The molecule has 0 saturated heterocycles. The molecule has 0 fully saturated rings. The number of hydrogen-bond donors (Lipinski definition) is 2. The number of fused-ring (bicyclic) bond motifs is 1. The second-order valence-corrected chi connectivity index (χ2v) is 8.38. The van der Waals surface area contributed by atoms with E-state index in [2.05, 4.69) is 29.0 Å². The average molecular weight is 497 g/mol. The van der Waals surface area contributed by atoms with E-state index >= 15 is 0 Å². The highest BCUT2D eigenvalue weighted by atomic mass is 32.1. The molecule has 2 aromatic carbocycles. The van der Waals surface area contributed by atoms with Gasteiger partial charge in [0.1, 0.15) is 5.75 Å². The van der Waals surface area contributed by atoms with Gasteiger partial charge >= 0.3 is 5.97 Å². The maximum atomic E-state index is 12.9. The molecule has 3 aromatic rings. The molecular formula is C26H32N4O4S. The van der Waals surface area contributed by atoms with E-state index in [-0.39, 0.29) is 5.56 Å². The molecule has 9 heteroatoms. The fourth-order valence-electron chi connectivity index (χ4n) is 3.81. The largest absolute Gasteiger partial charge is 0.497 e. The number of nitrogens with one attached hydrogen (secondary N) is 2. The molecule has 0 aliphatic heterocycles. The lowest BCUT2D eigenvalue weighted by Crippen LogP contribution is -2.41. The third-order valence-electron chi connectivity index (χ3n) is 5.93. The van der Waals surface area contributed by atoms with Gasteiger partial charge < -0.3 is 29.6 Å². The average Bonchev–Trinajstić information content (AvgIpc) is 2.88. The van der Waals surface area contributed by atoms with Crippen molar-refractivity contribution in [1.82, 2.24) is 14.8 Å². The summed E-state index contributed by atoms with van der Waals surface area (Å²) < 4.78 is 10.2. The molecule has 186 valence electrons. The van der Waals surface area contributed by atoms with Gasteiger partial charge in [-0.25, -0.2) is 4.79 Å². The van der Waals surface area contributed by atoms with Crippen molar-refractivity contribution in [3.63, 3.8) is 0 Å². The minimum Gasteiger partial charge on any atom is -0.497 e. The third-order valence-corrected chi connectivity index (χ3v) is 6.29. The van der Waals surface area contributed by atoms with Crippen LogP contribution in [0.2, 0.25) is 0 Å². The van der Waals surface area contributed by atoms with Crippen LogP contribution < -0.4 is 15.6 Å². The van der Waals surface area contributed by atoms with Gasteiger partial charge in [-0.05, 0) is 61.7 Å². The smallest absolute Gasteiger partial charge is 0.339 e. The number of anilines is 1. The first kappa shape index (κ1) is 26.2. The molecule has 0 bridgehead atoms. The fraction of sp³-hybridized carbons (Fsp3) is 0.346. The van der Waals surface area contributed by atoms with Crippen LogP contribution in [-0.2, 0) is 11.3 Å². The van der Waals surface area contributed by atoms with Gasteiger partial charge in [-0.15, -0.1) is 0 Å². The van der Waals surface area contributed by atoms with Gasteiger partial charge in [-0.3, -0.25) is 4.79 Å². The van der Waals surface area contributed by atoms with E-state index in [4.69, 9.17) is 21.7 Å². The molecule has 0 unspecified atom stereocenters. The Balaban J connectivity index is 1.91. The molecule has 0 amide bonds. The first-order chi connectivity index (χ1) is 16.9. The Morgan fingerprint density at radius 2 is 1.80 bits per heavy atom. The number of carbonyl (C=O) groups excluding carboxylic acids is 1. The van der Waals surface area contributed by atoms with Crippen LogP contribution in [0.15, 0.2) is 53.3 Å². The highest BCUT2D eigenvalue weighted by molar-refractivity contribution is 7.80. The number of esters is 1. The number of carbonyl (C=O) groups is 1.